The molecule has 2 heterocycles. The summed E-state index contributed by atoms with van der Waals surface area (Å²) in [6.45, 7) is 1.34. The molecule has 0 aromatic heterocycles. The molecule has 4 rings (SSSR count). The van der Waals surface area contributed by atoms with Crippen molar-refractivity contribution in [1.29, 1.82) is 0 Å². The molecular formula is C20H23N2O3S+. The molecule has 136 valence electrons. The minimum Gasteiger partial charge on any atom is -0.497 e. The third-order valence-corrected chi connectivity index (χ3v) is 6.17. The van der Waals surface area contributed by atoms with Gasteiger partial charge in [-0.1, -0.05) is 0 Å². The smallest absolute Gasteiger partial charge is 0.316 e. The summed E-state index contributed by atoms with van der Waals surface area (Å²) in [6.07, 6.45) is 1.06. The van der Waals surface area contributed by atoms with E-state index in [1.807, 2.05) is 48.5 Å². The van der Waals surface area contributed by atoms with Gasteiger partial charge in [0.05, 0.1) is 20.8 Å². The number of benzene rings is 2. The van der Waals surface area contributed by atoms with Gasteiger partial charge in [0.2, 0.25) is 0 Å². The molecule has 1 N–H and O–H groups in total. The maximum absolute atomic E-state index is 11.6. The normalized spacial score (nSPS) is 22.3. The fraction of sp³-hybridized carbons (Fsp3) is 0.350. The maximum atomic E-state index is 11.6. The Hall–Kier alpha value is -2.18. The summed E-state index contributed by atoms with van der Waals surface area (Å²) in [5.74, 6) is 2.69. The van der Waals surface area contributed by atoms with Crippen LogP contribution in [0.25, 0.3) is 0 Å². The van der Waals surface area contributed by atoms with Gasteiger partial charge in [0.15, 0.2) is 6.54 Å². The number of hydrogen-bond donors (Lipinski definition) is 1. The van der Waals surface area contributed by atoms with Crippen LogP contribution in [0.15, 0.2) is 48.5 Å². The summed E-state index contributed by atoms with van der Waals surface area (Å²) in [7, 11) is 3.32. The lowest BCUT2D eigenvalue weighted by Crippen LogP contribution is -2.41. The molecule has 0 radical (unpaired) electrons. The largest absolute Gasteiger partial charge is 0.497 e. The third kappa shape index (κ3) is 2.83. The molecule has 0 fully saturated rings. The van der Waals surface area contributed by atoms with Crippen LogP contribution in [0, 0.1) is 0 Å². The van der Waals surface area contributed by atoms with E-state index >= 15 is 0 Å². The zero-order valence-corrected chi connectivity index (χ0v) is 15.8. The Morgan fingerprint density at radius 1 is 1.00 bits per heavy atom. The number of β-amino-alcohol motifs (C(OH)–C–C–N with tert-alkyl or cyclic N) is 1. The zero-order valence-electron chi connectivity index (χ0n) is 15.0. The summed E-state index contributed by atoms with van der Waals surface area (Å²) < 4.78 is 12.7. The Morgan fingerprint density at radius 2 is 1.62 bits per heavy atom. The van der Waals surface area contributed by atoms with Gasteiger partial charge in [0.25, 0.3) is 5.72 Å². The van der Waals surface area contributed by atoms with Crippen LogP contribution in [-0.2, 0) is 5.72 Å². The van der Waals surface area contributed by atoms with Crippen molar-refractivity contribution in [1.82, 2.24) is 0 Å². The van der Waals surface area contributed by atoms with Crippen LogP contribution in [-0.4, -0.2) is 47.9 Å². The van der Waals surface area contributed by atoms with Gasteiger partial charge in [-0.15, -0.1) is 0 Å². The number of methoxy groups -OCH3 is 2. The van der Waals surface area contributed by atoms with Crippen LogP contribution in [0.5, 0.6) is 11.5 Å². The van der Waals surface area contributed by atoms with Crippen molar-refractivity contribution in [2.75, 3.05) is 38.0 Å². The average molecular weight is 371 g/mol. The SMILES string of the molecule is COc1ccc(N2C[C@@](O)(c3ccc(OC)cc3)[N+]3=C2SCCC3)cc1. The number of ether oxygens (including phenoxy) is 2. The van der Waals surface area contributed by atoms with Crippen molar-refractivity contribution >= 4 is 22.6 Å². The lowest BCUT2D eigenvalue weighted by molar-refractivity contribution is -0.656. The fourth-order valence-electron chi connectivity index (χ4n) is 3.57. The highest BCUT2D eigenvalue weighted by molar-refractivity contribution is 8.13. The van der Waals surface area contributed by atoms with Crippen LogP contribution >= 0.6 is 11.8 Å². The molecule has 0 aliphatic carbocycles. The molecule has 0 unspecified atom stereocenters. The van der Waals surface area contributed by atoms with Crippen molar-refractivity contribution in [3.05, 3.63) is 54.1 Å². The number of amidine groups is 1. The lowest BCUT2D eigenvalue weighted by Gasteiger charge is -2.24. The summed E-state index contributed by atoms with van der Waals surface area (Å²) in [4.78, 5) is 2.20. The van der Waals surface area contributed by atoms with Crippen LogP contribution < -0.4 is 14.4 Å². The van der Waals surface area contributed by atoms with Gasteiger partial charge >= 0.3 is 5.17 Å². The van der Waals surface area contributed by atoms with Gasteiger partial charge < -0.3 is 14.6 Å². The first kappa shape index (κ1) is 17.2. The minimum atomic E-state index is -1.05. The Morgan fingerprint density at radius 3 is 2.23 bits per heavy atom. The molecule has 2 aromatic rings. The predicted molar refractivity (Wildman–Crippen MR) is 104 cm³/mol. The van der Waals surface area contributed by atoms with Gasteiger partial charge in [-0.2, -0.15) is 0 Å². The molecule has 0 amide bonds. The molecule has 0 saturated carbocycles. The fourth-order valence-corrected chi connectivity index (χ4v) is 4.75. The van der Waals surface area contributed by atoms with E-state index in [0.29, 0.717) is 6.54 Å². The summed E-state index contributed by atoms with van der Waals surface area (Å²) in [5.41, 5.74) is 0.897. The second-order valence-electron chi connectivity index (χ2n) is 6.47. The van der Waals surface area contributed by atoms with Crippen molar-refractivity contribution in [3.8, 4) is 11.5 Å². The number of aliphatic hydroxyl groups is 1. The molecule has 2 aromatic carbocycles. The van der Waals surface area contributed by atoms with E-state index in [-0.39, 0.29) is 0 Å². The maximum Gasteiger partial charge on any atom is 0.316 e. The molecule has 2 aliphatic heterocycles. The first-order valence-corrected chi connectivity index (χ1v) is 9.70. The lowest BCUT2D eigenvalue weighted by atomic mass is 10.0. The molecule has 1 atom stereocenters. The molecule has 0 bridgehead atoms. The highest BCUT2D eigenvalue weighted by atomic mass is 32.2. The summed E-state index contributed by atoms with van der Waals surface area (Å²) in [6, 6.07) is 15.7. The van der Waals surface area contributed by atoms with Gasteiger partial charge in [0.1, 0.15) is 17.2 Å². The van der Waals surface area contributed by atoms with Crippen LogP contribution in [0.1, 0.15) is 12.0 Å². The van der Waals surface area contributed by atoms with Crippen molar-refractivity contribution in [2.24, 2.45) is 0 Å². The van der Waals surface area contributed by atoms with Crippen LogP contribution in [0.4, 0.5) is 5.69 Å². The quantitative estimate of drug-likeness (QED) is 0.838. The minimum absolute atomic E-state index is 0.494. The van der Waals surface area contributed by atoms with E-state index in [4.69, 9.17) is 9.47 Å². The molecular weight excluding hydrogens is 348 g/mol. The predicted octanol–water partition coefficient (Wildman–Crippen LogP) is 2.87. The number of nitrogens with zero attached hydrogens (tertiary/aromatic N) is 2. The van der Waals surface area contributed by atoms with Gasteiger partial charge in [-0.3, -0.25) is 0 Å². The second kappa shape index (κ2) is 6.85. The first-order valence-electron chi connectivity index (χ1n) is 8.71. The average Bonchev–Trinajstić information content (AvgIpc) is 3.02. The number of anilines is 1. The molecule has 0 spiro atoms. The Bertz CT molecular complexity index is 820. The molecule has 26 heavy (non-hydrogen) atoms. The summed E-state index contributed by atoms with van der Waals surface area (Å²) >= 11 is 1.80. The highest BCUT2D eigenvalue weighted by Gasteiger charge is 2.53. The highest BCUT2D eigenvalue weighted by Crippen LogP contribution is 2.38. The van der Waals surface area contributed by atoms with Crippen molar-refractivity contribution in [2.45, 2.75) is 12.1 Å². The van der Waals surface area contributed by atoms with E-state index in [1.54, 1.807) is 26.0 Å². The Balaban J connectivity index is 1.73. The number of rotatable bonds is 4. The second-order valence-corrected chi connectivity index (χ2v) is 7.53. The topological polar surface area (TPSA) is 44.9 Å². The van der Waals surface area contributed by atoms with Crippen molar-refractivity contribution < 1.29 is 19.2 Å². The Kier molecular flexibility index (Phi) is 4.54. The number of hydrogen-bond acceptors (Lipinski definition) is 5. The monoisotopic (exact) mass is 371 g/mol. The van der Waals surface area contributed by atoms with Gasteiger partial charge in [-0.25, -0.2) is 9.48 Å². The third-order valence-electron chi connectivity index (χ3n) is 4.98. The van der Waals surface area contributed by atoms with E-state index in [1.165, 1.54) is 0 Å². The van der Waals surface area contributed by atoms with Gasteiger partial charge in [-0.05, 0) is 66.7 Å². The number of thioether (sulfide) groups is 1. The van der Waals surface area contributed by atoms with E-state index in [2.05, 4.69) is 9.48 Å². The van der Waals surface area contributed by atoms with E-state index < -0.39 is 5.72 Å². The van der Waals surface area contributed by atoms with E-state index in [9.17, 15) is 5.11 Å². The first-order chi connectivity index (χ1) is 12.7. The Labute approximate surface area is 157 Å². The van der Waals surface area contributed by atoms with Crippen molar-refractivity contribution in [3.63, 3.8) is 0 Å². The standard InChI is InChI=1S/C20H23N2O3S/c1-24-17-8-4-15(5-9-17)20(23)14-21(19-22(20)12-3-13-26-19)16-6-10-18(25-2)11-7-16/h4-11,23H,3,12-14H2,1-2H3/q+1/t20-/m1/s1. The summed E-state index contributed by atoms with van der Waals surface area (Å²) in [5, 5.41) is 12.7. The molecule has 6 heteroatoms. The molecule has 0 saturated heterocycles. The van der Waals surface area contributed by atoms with E-state index in [0.717, 1.165) is 46.6 Å². The molecule has 5 nitrogen and oxygen atoms in total. The zero-order chi connectivity index (χ0) is 18.1. The van der Waals surface area contributed by atoms with Crippen LogP contribution in [0.2, 0.25) is 0 Å². The van der Waals surface area contributed by atoms with Gasteiger partial charge in [0, 0.05) is 11.3 Å². The molecule has 2 aliphatic rings. The van der Waals surface area contributed by atoms with Crippen LogP contribution in [0.3, 0.4) is 0 Å².